The van der Waals surface area contributed by atoms with Crippen LogP contribution in [0.15, 0.2) is 35.3 Å². The van der Waals surface area contributed by atoms with E-state index in [4.69, 9.17) is 4.42 Å². The molecule has 0 aromatic carbocycles. The summed E-state index contributed by atoms with van der Waals surface area (Å²) in [7, 11) is 0. The first-order valence-electron chi connectivity index (χ1n) is 7.76. The third-order valence-electron chi connectivity index (χ3n) is 3.45. The quantitative estimate of drug-likeness (QED) is 0.553. The monoisotopic (exact) mass is 334 g/mol. The van der Waals surface area contributed by atoms with Crippen molar-refractivity contribution in [3.63, 3.8) is 0 Å². The third kappa shape index (κ3) is 5.15. The molecule has 2 aromatic rings. The van der Waals surface area contributed by atoms with Gasteiger partial charge < -0.3 is 25.1 Å². The zero-order valence-electron chi connectivity index (χ0n) is 13.7. The van der Waals surface area contributed by atoms with E-state index >= 15 is 0 Å². The number of rotatable bonds is 9. The second kappa shape index (κ2) is 8.19. The molecule has 2 atom stereocenters. The molecule has 0 bridgehead atoms. The van der Waals surface area contributed by atoms with Gasteiger partial charge in [-0.3, -0.25) is 4.79 Å². The van der Waals surface area contributed by atoms with Gasteiger partial charge in [-0.25, -0.2) is 9.78 Å². The van der Waals surface area contributed by atoms with Crippen molar-refractivity contribution >= 4 is 17.8 Å². The molecule has 0 saturated carbocycles. The fourth-order valence-electron chi connectivity index (χ4n) is 2.32. The number of aliphatic carboxylic acids is 1. The highest BCUT2D eigenvalue weighted by Gasteiger charge is 2.27. The molecule has 4 N–H and O–H groups in total. The second-order valence-corrected chi connectivity index (χ2v) is 5.98. The van der Waals surface area contributed by atoms with Gasteiger partial charge in [-0.2, -0.15) is 0 Å². The number of aromatic amines is 1. The summed E-state index contributed by atoms with van der Waals surface area (Å²) in [6.45, 7) is 3.82. The van der Waals surface area contributed by atoms with E-state index in [-0.39, 0.29) is 5.92 Å². The molecule has 2 aromatic heterocycles. The number of carbonyl (C=O) groups is 2. The van der Waals surface area contributed by atoms with Crippen molar-refractivity contribution in [3.8, 4) is 0 Å². The van der Waals surface area contributed by atoms with Crippen molar-refractivity contribution in [2.45, 2.75) is 38.8 Å². The molecule has 0 spiro atoms. The Bertz CT molecular complexity index is 601. The lowest BCUT2D eigenvalue weighted by Gasteiger charge is -2.21. The molecule has 0 unspecified atom stereocenters. The van der Waals surface area contributed by atoms with Gasteiger partial charge in [-0.15, -0.1) is 0 Å². The van der Waals surface area contributed by atoms with E-state index in [1.807, 2.05) is 13.8 Å². The number of aromatic nitrogens is 2. The molecule has 24 heavy (non-hydrogen) atoms. The standard InChI is InChI=1S/C16H22N4O4/c1-10(2)6-13(16(22)23)20-15(21)12(7-11-8-17-9-18-11)19-14-4-3-5-24-14/h3-5,8-10,12-13,19H,6-7H2,1-2H3,(H,17,18)(H,20,21)(H,22,23)/t12-,13-/m0/s1. The summed E-state index contributed by atoms with van der Waals surface area (Å²) < 4.78 is 5.22. The SMILES string of the molecule is CC(C)C[C@H](NC(=O)[C@H](Cc1cnc[nH]1)Nc1ccco1)C(=O)O. The van der Waals surface area contributed by atoms with Crippen molar-refractivity contribution < 1.29 is 19.1 Å². The molecule has 0 radical (unpaired) electrons. The number of anilines is 1. The van der Waals surface area contributed by atoms with Crippen LogP contribution in [0.4, 0.5) is 5.88 Å². The Morgan fingerprint density at radius 3 is 2.71 bits per heavy atom. The first-order chi connectivity index (χ1) is 11.5. The van der Waals surface area contributed by atoms with Gasteiger partial charge in [0, 0.05) is 24.4 Å². The second-order valence-electron chi connectivity index (χ2n) is 5.98. The number of carbonyl (C=O) groups excluding carboxylic acids is 1. The summed E-state index contributed by atoms with van der Waals surface area (Å²) in [5.41, 5.74) is 0.755. The molecule has 0 saturated heterocycles. The first kappa shape index (κ1) is 17.6. The number of carboxylic acid groups (broad SMARTS) is 1. The Morgan fingerprint density at radius 1 is 1.38 bits per heavy atom. The topological polar surface area (TPSA) is 120 Å². The van der Waals surface area contributed by atoms with E-state index < -0.39 is 24.0 Å². The Kier molecular flexibility index (Phi) is 6.00. The molecule has 2 rings (SSSR count). The van der Waals surface area contributed by atoms with Gasteiger partial charge in [0.05, 0.1) is 12.6 Å². The lowest BCUT2D eigenvalue weighted by atomic mass is 10.0. The number of nitrogens with zero attached hydrogens (tertiary/aromatic N) is 1. The van der Waals surface area contributed by atoms with E-state index in [2.05, 4.69) is 20.6 Å². The van der Waals surface area contributed by atoms with Gasteiger partial charge in [-0.05, 0) is 18.4 Å². The average Bonchev–Trinajstić information content (AvgIpc) is 3.18. The van der Waals surface area contributed by atoms with Crippen LogP contribution in [0.25, 0.3) is 0 Å². The summed E-state index contributed by atoms with van der Waals surface area (Å²) in [6, 6.07) is 1.77. The van der Waals surface area contributed by atoms with Crippen molar-refractivity contribution in [2.75, 3.05) is 5.32 Å². The predicted octanol–water partition coefficient (Wildman–Crippen LogP) is 1.64. The normalized spacial score (nSPS) is 13.5. The van der Waals surface area contributed by atoms with Crippen LogP contribution in [0.2, 0.25) is 0 Å². The molecule has 0 aliphatic carbocycles. The van der Waals surface area contributed by atoms with Crippen LogP contribution in [0.5, 0.6) is 0 Å². The molecule has 0 aliphatic heterocycles. The minimum atomic E-state index is -1.05. The zero-order valence-corrected chi connectivity index (χ0v) is 13.7. The van der Waals surface area contributed by atoms with Crippen molar-refractivity contribution in [1.82, 2.24) is 15.3 Å². The lowest BCUT2D eigenvalue weighted by molar-refractivity contribution is -0.142. The third-order valence-corrected chi connectivity index (χ3v) is 3.45. The largest absolute Gasteiger partial charge is 0.480 e. The lowest BCUT2D eigenvalue weighted by Crippen LogP contribution is -2.49. The van der Waals surface area contributed by atoms with E-state index in [1.165, 1.54) is 12.6 Å². The molecular weight excluding hydrogens is 312 g/mol. The molecule has 8 heteroatoms. The molecule has 130 valence electrons. The Labute approximate surface area is 139 Å². The number of furan rings is 1. The maximum atomic E-state index is 12.6. The summed E-state index contributed by atoms with van der Waals surface area (Å²) in [6.07, 6.45) is 5.31. The van der Waals surface area contributed by atoms with Gasteiger partial charge in [0.2, 0.25) is 5.91 Å². The van der Waals surface area contributed by atoms with Crippen LogP contribution >= 0.6 is 0 Å². The molecular formula is C16H22N4O4. The first-order valence-corrected chi connectivity index (χ1v) is 7.76. The van der Waals surface area contributed by atoms with Gasteiger partial charge in [0.1, 0.15) is 12.1 Å². The number of hydrogen-bond donors (Lipinski definition) is 4. The van der Waals surface area contributed by atoms with Crippen molar-refractivity contribution in [2.24, 2.45) is 5.92 Å². The van der Waals surface area contributed by atoms with Crippen LogP contribution in [-0.4, -0.2) is 39.0 Å². The highest BCUT2D eigenvalue weighted by Crippen LogP contribution is 2.12. The van der Waals surface area contributed by atoms with Crippen LogP contribution < -0.4 is 10.6 Å². The fourth-order valence-corrected chi connectivity index (χ4v) is 2.32. The number of H-pyrrole nitrogens is 1. The zero-order chi connectivity index (χ0) is 17.5. The van der Waals surface area contributed by atoms with Crippen molar-refractivity contribution in [1.29, 1.82) is 0 Å². The van der Waals surface area contributed by atoms with E-state index in [1.54, 1.807) is 18.3 Å². The number of amides is 1. The van der Waals surface area contributed by atoms with Crippen LogP contribution in [0, 0.1) is 5.92 Å². The number of nitrogens with one attached hydrogen (secondary N) is 3. The highest BCUT2D eigenvalue weighted by molar-refractivity contribution is 5.88. The van der Waals surface area contributed by atoms with E-state index in [9.17, 15) is 14.7 Å². The van der Waals surface area contributed by atoms with Crippen molar-refractivity contribution in [3.05, 3.63) is 36.6 Å². The van der Waals surface area contributed by atoms with Gasteiger partial charge in [0.25, 0.3) is 0 Å². The van der Waals surface area contributed by atoms with Gasteiger partial charge in [-0.1, -0.05) is 13.8 Å². The Hall–Kier alpha value is -2.77. The maximum absolute atomic E-state index is 12.6. The van der Waals surface area contributed by atoms with Crippen LogP contribution in [-0.2, 0) is 16.0 Å². The Balaban J connectivity index is 2.08. The van der Waals surface area contributed by atoms with Crippen LogP contribution in [0.3, 0.4) is 0 Å². The van der Waals surface area contributed by atoms with Gasteiger partial charge >= 0.3 is 5.97 Å². The number of carboxylic acids is 1. The fraction of sp³-hybridized carbons (Fsp3) is 0.438. The molecule has 2 heterocycles. The smallest absolute Gasteiger partial charge is 0.326 e. The average molecular weight is 334 g/mol. The summed E-state index contributed by atoms with van der Waals surface area (Å²) in [4.78, 5) is 30.8. The number of imidazole rings is 1. The molecule has 0 aliphatic rings. The molecule has 0 fully saturated rings. The molecule has 1 amide bonds. The molecule has 8 nitrogen and oxygen atoms in total. The summed E-state index contributed by atoms with van der Waals surface area (Å²) in [5.74, 6) is -0.870. The Morgan fingerprint density at radius 2 is 2.17 bits per heavy atom. The maximum Gasteiger partial charge on any atom is 0.326 e. The number of hydrogen-bond acceptors (Lipinski definition) is 5. The summed E-state index contributed by atoms with van der Waals surface area (Å²) >= 11 is 0. The highest BCUT2D eigenvalue weighted by atomic mass is 16.4. The predicted molar refractivity (Wildman–Crippen MR) is 87.4 cm³/mol. The van der Waals surface area contributed by atoms with Gasteiger partial charge in [0.15, 0.2) is 5.88 Å². The van der Waals surface area contributed by atoms with Crippen LogP contribution in [0.1, 0.15) is 26.0 Å². The van der Waals surface area contributed by atoms with E-state index in [0.717, 1.165) is 5.69 Å². The van der Waals surface area contributed by atoms with E-state index in [0.29, 0.717) is 18.7 Å². The summed E-state index contributed by atoms with van der Waals surface area (Å²) in [5, 5.41) is 14.9. The minimum Gasteiger partial charge on any atom is -0.480 e. The minimum absolute atomic E-state index is 0.149.